The second-order valence-electron chi connectivity index (χ2n) is 7.85. The number of rotatable bonds is 8. The summed E-state index contributed by atoms with van der Waals surface area (Å²) in [6.45, 7) is 2.80. The zero-order valence-electron chi connectivity index (χ0n) is 17.3. The fourth-order valence-corrected chi connectivity index (χ4v) is 4.30. The van der Waals surface area contributed by atoms with Gasteiger partial charge in [-0.2, -0.15) is 0 Å². The number of hydrogen-bond donors (Lipinski definition) is 0. The van der Waals surface area contributed by atoms with Gasteiger partial charge >= 0.3 is 0 Å². The molecule has 2 heterocycles. The molecule has 0 amide bonds. The van der Waals surface area contributed by atoms with Crippen LogP contribution in [0, 0.1) is 11.7 Å². The summed E-state index contributed by atoms with van der Waals surface area (Å²) < 4.78 is 21.7. The molecule has 0 aliphatic carbocycles. The first kappa shape index (κ1) is 20.6. The number of benzene rings is 2. The molecule has 158 valence electrons. The van der Waals surface area contributed by atoms with Crippen molar-refractivity contribution in [1.29, 1.82) is 0 Å². The lowest BCUT2D eigenvalue weighted by molar-refractivity contribution is 0.137. The van der Waals surface area contributed by atoms with Gasteiger partial charge in [0.1, 0.15) is 11.9 Å². The maximum atomic E-state index is 14.8. The lowest BCUT2D eigenvalue weighted by Crippen LogP contribution is -2.39. The lowest BCUT2D eigenvalue weighted by atomic mass is 9.89. The minimum atomic E-state index is -0.310. The Balaban J connectivity index is 1.54. The van der Waals surface area contributed by atoms with Gasteiger partial charge < -0.3 is 4.74 Å². The van der Waals surface area contributed by atoms with E-state index in [2.05, 4.69) is 50.8 Å². The quantitative estimate of drug-likeness (QED) is 0.570. The molecular formula is C23H28FN5O. The number of piperidine rings is 1. The monoisotopic (exact) mass is 409 g/mol. The van der Waals surface area contributed by atoms with E-state index in [1.54, 1.807) is 17.9 Å². The van der Waals surface area contributed by atoms with Crippen LogP contribution in [0.2, 0.25) is 0 Å². The maximum Gasteiger partial charge on any atom is 0.173 e. The Morgan fingerprint density at radius 2 is 1.80 bits per heavy atom. The molecule has 0 N–H and O–H groups in total. The van der Waals surface area contributed by atoms with Gasteiger partial charge in [-0.1, -0.05) is 48.5 Å². The molecule has 1 atom stereocenters. The van der Waals surface area contributed by atoms with E-state index in [1.165, 1.54) is 11.6 Å². The van der Waals surface area contributed by atoms with Crippen molar-refractivity contribution in [3.63, 3.8) is 0 Å². The molecule has 4 rings (SSSR count). The van der Waals surface area contributed by atoms with Gasteiger partial charge in [0, 0.05) is 12.7 Å². The summed E-state index contributed by atoms with van der Waals surface area (Å²) in [4.78, 5) is 2.31. The predicted octanol–water partition coefficient (Wildman–Crippen LogP) is 3.50. The molecule has 30 heavy (non-hydrogen) atoms. The average Bonchev–Trinajstić information content (AvgIpc) is 3.24. The molecule has 1 saturated heterocycles. The van der Waals surface area contributed by atoms with Crippen LogP contribution >= 0.6 is 0 Å². The maximum absolute atomic E-state index is 14.8. The number of hydrogen-bond acceptors (Lipinski definition) is 5. The SMILES string of the molecule is COCCn1nnnc1C(c1ccccc1F)N1CCC(Cc2ccccc2)CC1. The van der Waals surface area contributed by atoms with Crippen molar-refractivity contribution in [2.45, 2.75) is 31.8 Å². The van der Waals surface area contributed by atoms with E-state index in [4.69, 9.17) is 4.74 Å². The van der Waals surface area contributed by atoms with Crippen LogP contribution < -0.4 is 0 Å². The van der Waals surface area contributed by atoms with Crippen LogP contribution in [0.4, 0.5) is 4.39 Å². The van der Waals surface area contributed by atoms with E-state index < -0.39 is 0 Å². The van der Waals surface area contributed by atoms with E-state index in [1.807, 2.05) is 12.1 Å². The number of methoxy groups -OCH3 is 1. The molecule has 1 unspecified atom stereocenters. The van der Waals surface area contributed by atoms with Crippen molar-refractivity contribution >= 4 is 0 Å². The zero-order chi connectivity index (χ0) is 20.8. The summed E-state index contributed by atoms with van der Waals surface area (Å²) in [6.07, 6.45) is 3.23. The molecule has 1 aliphatic heterocycles. The highest BCUT2D eigenvalue weighted by atomic mass is 19.1. The molecule has 6 nitrogen and oxygen atoms in total. The number of halogens is 1. The molecule has 0 saturated carbocycles. The molecule has 0 spiro atoms. The summed E-state index contributed by atoms with van der Waals surface area (Å²) >= 11 is 0. The first-order valence-corrected chi connectivity index (χ1v) is 10.5. The highest BCUT2D eigenvalue weighted by Gasteiger charge is 2.32. The van der Waals surface area contributed by atoms with Crippen LogP contribution in [-0.4, -0.2) is 51.9 Å². The van der Waals surface area contributed by atoms with E-state index in [0.29, 0.717) is 30.5 Å². The Morgan fingerprint density at radius 1 is 1.07 bits per heavy atom. The van der Waals surface area contributed by atoms with Crippen molar-refractivity contribution in [3.8, 4) is 0 Å². The second kappa shape index (κ2) is 9.91. The number of likely N-dealkylation sites (tertiary alicyclic amines) is 1. The predicted molar refractivity (Wildman–Crippen MR) is 112 cm³/mol. The van der Waals surface area contributed by atoms with Gasteiger partial charge in [0.2, 0.25) is 0 Å². The van der Waals surface area contributed by atoms with Crippen LogP contribution in [-0.2, 0) is 17.7 Å². The van der Waals surface area contributed by atoms with Gasteiger partial charge in [-0.3, -0.25) is 4.90 Å². The fraction of sp³-hybridized carbons (Fsp3) is 0.435. The third-order valence-corrected chi connectivity index (χ3v) is 5.89. The van der Waals surface area contributed by atoms with Gasteiger partial charge in [-0.25, -0.2) is 9.07 Å². The molecule has 3 aromatic rings. The van der Waals surface area contributed by atoms with Crippen molar-refractivity contribution < 1.29 is 9.13 Å². The lowest BCUT2D eigenvalue weighted by Gasteiger charge is -2.37. The Bertz CT molecular complexity index is 924. The summed E-state index contributed by atoms with van der Waals surface area (Å²) in [6, 6.07) is 17.3. The molecule has 2 aromatic carbocycles. The normalized spacial score (nSPS) is 16.6. The van der Waals surface area contributed by atoms with Crippen molar-refractivity contribution in [3.05, 3.63) is 77.4 Å². The van der Waals surface area contributed by atoms with Crippen molar-refractivity contribution in [1.82, 2.24) is 25.1 Å². The molecule has 0 radical (unpaired) electrons. The van der Waals surface area contributed by atoms with Gasteiger partial charge in [0.05, 0.1) is 13.2 Å². The average molecular weight is 410 g/mol. The van der Waals surface area contributed by atoms with E-state index in [9.17, 15) is 4.39 Å². The van der Waals surface area contributed by atoms with E-state index >= 15 is 0 Å². The summed E-state index contributed by atoms with van der Waals surface area (Å²) in [5.41, 5.74) is 2.00. The Kier molecular flexibility index (Phi) is 6.81. The number of ether oxygens (including phenoxy) is 1. The van der Waals surface area contributed by atoms with Crippen LogP contribution in [0.15, 0.2) is 54.6 Å². The molecule has 1 aliphatic rings. The minimum absolute atomic E-state index is 0.227. The first-order chi connectivity index (χ1) is 14.8. The minimum Gasteiger partial charge on any atom is -0.383 e. The third kappa shape index (κ3) is 4.74. The third-order valence-electron chi connectivity index (χ3n) is 5.89. The molecular weight excluding hydrogens is 381 g/mol. The highest BCUT2D eigenvalue weighted by Crippen LogP contribution is 2.33. The van der Waals surface area contributed by atoms with Crippen LogP contribution in [0.5, 0.6) is 0 Å². The van der Waals surface area contributed by atoms with Gasteiger partial charge in [0.25, 0.3) is 0 Å². The Hall–Kier alpha value is -2.64. The number of nitrogens with zero attached hydrogens (tertiary/aromatic N) is 5. The molecule has 0 bridgehead atoms. The Labute approximate surface area is 176 Å². The van der Waals surface area contributed by atoms with Crippen LogP contribution in [0.25, 0.3) is 0 Å². The molecule has 1 aromatic heterocycles. The zero-order valence-corrected chi connectivity index (χ0v) is 17.3. The van der Waals surface area contributed by atoms with Crippen LogP contribution in [0.1, 0.15) is 35.8 Å². The number of aromatic nitrogens is 4. The highest BCUT2D eigenvalue weighted by molar-refractivity contribution is 5.27. The fourth-order valence-electron chi connectivity index (χ4n) is 4.30. The standard InChI is InChI=1S/C23H28FN5O/c1-30-16-15-29-23(25-26-27-29)22(20-9-5-6-10-21(20)24)28-13-11-19(12-14-28)17-18-7-3-2-4-8-18/h2-10,19,22H,11-17H2,1H3. The second-order valence-corrected chi connectivity index (χ2v) is 7.85. The van der Waals surface area contributed by atoms with Gasteiger partial charge in [0.15, 0.2) is 5.82 Å². The summed E-state index contributed by atoms with van der Waals surface area (Å²) in [5.74, 6) is 1.07. The smallest absolute Gasteiger partial charge is 0.173 e. The largest absolute Gasteiger partial charge is 0.383 e. The molecule has 7 heteroatoms. The van der Waals surface area contributed by atoms with Gasteiger partial charge in [-0.05, 0) is 60.3 Å². The topological polar surface area (TPSA) is 56.1 Å². The van der Waals surface area contributed by atoms with Gasteiger partial charge in [-0.15, -0.1) is 5.10 Å². The summed E-state index contributed by atoms with van der Waals surface area (Å²) in [5, 5.41) is 12.3. The summed E-state index contributed by atoms with van der Waals surface area (Å²) in [7, 11) is 1.65. The first-order valence-electron chi connectivity index (χ1n) is 10.5. The van der Waals surface area contributed by atoms with E-state index in [-0.39, 0.29) is 11.9 Å². The van der Waals surface area contributed by atoms with Crippen molar-refractivity contribution in [2.75, 3.05) is 26.8 Å². The van der Waals surface area contributed by atoms with E-state index in [0.717, 1.165) is 32.4 Å². The Morgan fingerprint density at radius 3 is 2.53 bits per heavy atom. The number of tetrazole rings is 1. The molecule has 1 fully saturated rings. The van der Waals surface area contributed by atoms with Crippen molar-refractivity contribution in [2.24, 2.45) is 5.92 Å². The van der Waals surface area contributed by atoms with Crippen LogP contribution in [0.3, 0.4) is 0 Å².